The fraction of sp³-hybridized carbons (Fsp3) is 0.750. The Labute approximate surface area is 78.1 Å². The van der Waals surface area contributed by atoms with Crippen LogP contribution in [0.15, 0.2) is 5.10 Å². The Hall–Kier alpha value is -1.26. The molecule has 5 heteroatoms. The van der Waals surface area contributed by atoms with Gasteiger partial charge in [-0.15, -0.1) is 0 Å². The summed E-state index contributed by atoms with van der Waals surface area (Å²) in [7, 11) is 1.66. The second kappa shape index (κ2) is 3.24. The average Bonchev–Trinajstić information content (AvgIpc) is 2.09. The number of nitrogens with one attached hydrogen (secondary N) is 2. The van der Waals surface area contributed by atoms with Gasteiger partial charge in [-0.05, 0) is 6.42 Å². The predicted molar refractivity (Wildman–Crippen MR) is 50.9 cm³/mol. The number of amides is 2. The van der Waals surface area contributed by atoms with Crippen molar-refractivity contribution in [1.29, 1.82) is 0 Å². The van der Waals surface area contributed by atoms with E-state index in [4.69, 9.17) is 0 Å². The van der Waals surface area contributed by atoms with Gasteiger partial charge < -0.3 is 0 Å². The number of rotatable bonds is 2. The molecule has 0 aromatic heterocycles. The highest BCUT2D eigenvalue weighted by Crippen LogP contribution is 2.21. The first kappa shape index (κ1) is 9.83. The predicted octanol–water partition coefficient (Wildman–Crippen LogP) is 0.896. The number of carbonyl (C=O) groups excluding carboxylic acids is 1. The van der Waals surface area contributed by atoms with Crippen molar-refractivity contribution in [2.45, 2.75) is 27.2 Å². The third kappa shape index (κ3) is 1.91. The quantitative estimate of drug-likeness (QED) is 0.669. The van der Waals surface area contributed by atoms with E-state index >= 15 is 0 Å². The fourth-order valence-electron chi connectivity index (χ4n) is 0.883. The van der Waals surface area contributed by atoms with E-state index in [0.717, 1.165) is 12.3 Å². The van der Waals surface area contributed by atoms with Crippen molar-refractivity contribution in [1.82, 2.24) is 15.9 Å². The summed E-state index contributed by atoms with van der Waals surface area (Å²) in [5, 5.41) is 5.36. The summed E-state index contributed by atoms with van der Waals surface area (Å²) in [6.07, 6.45) is 0.961. The molecule has 0 saturated carbocycles. The van der Waals surface area contributed by atoms with Gasteiger partial charge in [0.2, 0.25) is 0 Å². The topological polar surface area (TPSA) is 56.7 Å². The molecule has 0 aromatic rings. The Balaban J connectivity index is 2.79. The number of hydrazine groups is 1. The highest BCUT2D eigenvalue weighted by Gasteiger charge is 2.28. The minimum Gasteiger partial charge on any atom is -0.280 e. The van der Waals surface area contributed by atoms with Crippen LogP contribution in [0.25, 0.3) is 0 Å². The maximum absolute atomic E-state index is 11.0. The van der Waals surface area contributed by atoms with Gasteiger partial charge in [0, 0.05) is 12.5 Å². The van der Waals surface area contributed by atoms with Gasteiger partial charge in [0.05, 0.1) is 0 Å². The first-order valence-corrected chi connectivity index (χ1v) is 4.36. The van der Waals surface area contributed by atoms with Crippen LogP contribution in [0.5, 0.6) is 0 Å². The summed E-state index contributed by atoms with van der Waals surface area (Å²) in [4.78, 5) is 11.0. The van der Waals surface area contributed by atoms with Crippen molar-refractivity contribution in [2.24, 2.45) is 10.5 Å². The zero-order valence-electron chi connectivity index (χ0n) is 8.51. The maximum atomic E-state index is 11.0. The molecule has 74 valence electrons. The lowest BCUT2D eigenvalue weighted by molar-refractivity contribution is 0.192. The molecule has 0 unspecified atom stereocenters. The van der Waals surface area contributed by atoms with Gasteiger partial charge in [-0.3, -0.25) is 5.43 Å². The monoisotopic (exact) mass is 184 g/mol. The minimum absolute atomic E-state index is 0.0397. The second-order valence-corrected chi connectivity index (χ2v) is 3.79. The number of hydrazone groups is 1. The standard InChI is InChI=1S/C8H16N4O/c1-5-8(2,3)6-9-10-7(13)12(4)11-6/h5H2,1-4H3,(H,9,11)(H,10,13). The molecular formula is C8H16N4O. The molecule has 0 bridgehead atoms. The van der Waals surface area contributed by atoms with Gasteiger partial charge in [0.15, 0.2) is 0 Å². The number of carbonyl (C=O) groups is 1. The van der Waals surface area contributed by atoms with Crippen LogP contribution in [0.2, 0.25) is 0 Å². The molecular weight excluding hydrogens is 168 g/mol. The molecule has 0 spiro atoms. The summed E-state index contributed by atoms with van der Waals surface area (Å²) in [5.41, 5.74) is 5.32. The Kier molecular flexibility index (Phi) is 2.45. The number of amidine groups is 1. The molecule has 0 aliphatic carbocycles. The normalized spacial score (nSPS) is 17.7. The summed E-state index contributed by atoms with van der Waals surface area (Å²) < 4.78 is 0. The zero-order chi connectivity index (χ0) is 10.1. The SMILES string of the molecule is CCC(C)(C)C1=NNC(=O)N(C)N1. The summed E-state index contributed by atoms with van der Waals surface area (Å²) in [6.45, 7) is 6.23. The van der Waals surface area contributed by atoms with Crippen molar-refractivity contribution < 1.29 is 4.79 Å². The first-order chi connectivity index (χ1) is 5.97. The first-order valence-electron chi connectivity index (χ1n) is 4.36. The largest absolute Gasteiger partial charge is 0.356 e. The van der Waals surface area contributed by atoms with Crippen LogP contribution in [-0.4, -0.2) is 23.9 Å². The molecule has 0 atom stereocenters. The third-order valence-corrected chi connectivity index (χ3v) is 2.37. The average molecular weight is 184 g/mol. The van der Waals surface area contributed by atoms with Crippen molar-refractivity contribution >= 4 is 11.9 Å². The summed E-state index contributed by atoms with van der Waals surface area (Å²) in [6, 6.07) is -0.240. The summed E-state index contributed by atoms with van der Waals surface area (Å²) >= 11 is 0. The van der Waals surface area contributed by atoms with E-state index in [0.29, 0.717) is 0 Å². The van der Waals surface area contributed by atoms with Crippen LogP contribution in [-0.2, 0) is 0 Å². The van der Waals surface area contributed by atoms with Gasteiger partial charge in [0.25, 0.3) is 0 Å². The molecule has 0 radical (unpaired) electrons. The van der Waals surface area contributed by atoms with Crippen LogP contribution >= 0.6 is 0 Å². The molecule has 1 rings (SSSR count). The lowest BCUT2D eigenvalue weighted by Gasteiger charge is -2.32. The van der Waals surface area contributed by atoms with Gasteiger partial charge in [-0.2, -0.15) is 5.10 Å². The van der Waals surface area contributed by atoms with Crippen molar-refractivity contribution in [3.8, 4) is 0 Å². The van der Waals surface area contributed by atoms with Gasteiger partial charge in [-0.25, -0.2) is 15.2 Å². The smallest absolute Gasteiger partial charge is 0.280 e. The summed E-state index contributed by atoms with van der Waals surface area (Å²) in [5.74, 6) is 0.789. The number of hydrogen-bond donors (Lipinski definition) is 2. The lowest BCUT2D eigenvalue weighted by atomic mass is 9.89. The van der Waals surface area contributed by atoms with Crippen LogP contribution in [0, 0.1) is 5.41 Å². The molecule has 13 heavy (non-hydrogen) atoms. The third-order valence-electron chi connectivity index (χ3n) is 2.37. The van der Waals surface area contributed by atoms with E-state index < -0.39 is 0 Å². The maximum Gasteiger partial charge on any atom is 0.356 e. The van der Waals surface area contributed by atoms with Gasteiger partial charge >= 0.3 is 6.03 Å². The second-order valence-electron chi connectivity index (χ2n) is 3.79. The number of hydrogen-bond acceptors (Lipinski definition) is 3. The van der Waals surface area contributed by atoms with E-state index in [1.807, 2.05) is 0 Å². The molecule has 0 aromatic carbocycles. The van der Waals surface area contributed by atoms with Crippen molar-refractivity contribution in [2.75, 3.05) is 7.05 Å². The Morgan fingerprint density at radius 2 is 2.15 bits per heavy atom. The molecule has 0 saturated heterocycles. The van der Waals surface area contributed by atoms with Crippen molar-refractivity contribution in [3.63, 3.8) is 0 Å². The van der Waals surface area contributed by atoms with E-state index in [9.17, 15) is 4.79 Å². The molecule has 2 amide bonds. The van der Waals surface area contributed by atoms with E-state index in [2.05, 4.69) is 36.7 Å². The van der Waals surface area contributed by atoms with Crippen molar-refractivity contribution in [3.05, 3.63) is 0 Å². The van der Waals surface area contributed by atoms with E-state index in [-0.39, 0.29) is 11.4 Å². The molecule has 0 fully saturated rings. The fourth-order valence-corrected chi connectivity index (χ4v) is 0.883. The van der Waals surface area contributed by atoms with Crippen LogP contribution < -0.4 is 10.9 Å². The Bertz CT molecular complexity index is 247. The Morgan fingerprint density at radius 3 is 2.62 bits per heavy atom. The van der Waals surface area contributed by atoms with Gasteiger partial charge in [0.1, 0.15) is 5.84 Å². The molecule has 1 aliphatic rings. The highest BCUT2D eigenvalue weighted by atomic mass is 16.2. The zero-order valence-corrected chi connectivity index (χ0v) is 8.51. The Morgan fingerprint density at radius 1 is 1.54 bits per heavy atom. The van der Waals surface area contributed by atoms with Crippen LogP contribution in [0.4, 0.5) is 4.79 Å². The lowest BCUT2D eigenvalue weighted by Crippen LogP contribution is -2.55. The van der Waals surface area contributed by atoms with Crippen LogP contribution in [0.1, 0.15) is 27.2 Å². The number of nitrogens with zero attached hydrogens (tertiary/aromatic N) is 2. The van der Waals surface area contributed by atoms with E-state index in [1.54, 1.807) is 7.05 Å². The number of urea groups is 1. The highest BCUT2D eigenvalue weighted by molar-refractivity contribution is 5.92. The van der Waals surface area contributed by atoms with Crippen LogP contribution in [0.3, 0.4) is 0 Å². The molecule has 1 heterocycles. The minimum atomic E-state index is -0.240. The molecule has 1 aliphatic heterocycles. The van der Waals surface area contributed by atoms with E-state index in [1.165, 1.54) is 5.01 Å². The molecule has 5 nitrogen and oxygen atoms in total. The molecule has 2 N–H and O–H groups in total. The van der Waals surface area contributed by atoms with Gasteiger partial charge in [-0.1, -0.05) is 20.8 Å².